The first-order valence-corrected chi connectivity index (χ1v) is 8.31. The Kier molecular flexibility index (Phi) is 4.04. The molecule has 0 radical (unpaired) electrons. The summed E-state index contributed by atoms with van der Waals surface area (Å²) >= 11 is 0. The summed E-state index contributed by atoms with van der Waals surface area (Å²) in [7, 11) is 0. The van der Waals surface area contributed by atoms with Crippen LogP contribution in [-0.2, 0) is 10.2 Å². The van der Waals surface area contributed by atoms with Crippen molar-refractivity contribution >= 4 is 22.7 Å². The van der Waals surface area contributed by atoms with Crippen LogP contribution in [0.25, 0.3) is 11.1 Å². The van der Waals surface area contributed by atoms with Crippen molar-refractivity contribution in [1.29, 1.82) is 0 Å². The van der Waals surface area contributed by atoms with Gasteiger partial charge in [-0.05, 0) is 38.0 Å². The summed E-state index contributed by atoms with van der Waals surface area (Å²) in [4.78, 5) is 18.9. The van der Waals surface area contributed by atoms with Crippen molar-refractivity contribution in [3.05, 3.63) is 24.1 Å². The molecule has 5 nitrogen and oxygen atoms in total. The molecule has 0 aliphatic carbocycles. The minimum absolute atomic E-state index is 0.119. The number of hydrogen-bond acceptors (Lipinski definition) is 4. The number of hydrogen-bond donors (Lipinski definition) is 1. The average Bonchev–Trinajstić information content (AvgIpc) is 3.14. The highest BCUT2D eigenvalue weighted by atomic mass is 16.3. The van der Waals surface area contributed by atoms with Crippen molar-refractivity contribution in [2.45, 2.75) is 52.0 Å². The van der Waals surface area contributed by atoms with Gasteiger partial charge >= 0.3 is 0 Å². The Bertz CT molecular complexity index is 709. The summed E-state index contributed by atoms with van der Waals surface area (Å²) in [6.45, 7) is 9.90. The number of aromatic nitrogens is 1. The number of nitrogens with zero attached hydrogens (tertiary/aromatic N) is 2. The van der Waals surface area contributed by atoms with Gasteiger partial charge < -0.3 is 14.6 Å². The first kappa shape index (κ1) is 15.8. The Labute approximate surface area is 137 Å². The summed E-state index contributed by atoms with van der Waals surface area (Å²) < 4.78 is 5.81. The average molecular weight is 315 g/mol. The van der Waals surface area contributed by atoms with E-state index in [4.69, 9.17) is 4.42 Å². The van der Waals surface area contributed by atoms with Gasteiger partial charge in [0.1, 0.15) is 11.6 Å². The molecule has 23 heavy (non-hydrogen) atoms. The fourth-order valence-electron chi connectivity index (χ4n) is 2.86. The Balaban J connectivity index is 1.76. The third-order valence-corrected chi connectivity index (χ3v) is 4.20. The molecule has 124 valence electrons. The SMILES string of the molecule is CC(Nc1ccc2oc(C(C)(C)C)nc2c1)C(=O)N1CCCC1. The number of anilines is 1. The van der Waals surface area contributed by atoms with Crippen LogP contribution < -0.4 is 5.32 Å². The molecule has 1 aliphatic heterocycles. The van der Waals surface area contributed by atoms with Crippen LogP contribution >= 0.6 is 0 Å². The molecular formula is C18H25N3O2. The maximum Gasteiger partial charge on any atom is 0.244 e. The molecule has 3 rings (SSSR count). The molecule has 0 saturated carbocycles. The number of fused-ring (bicyclic) bond motifs is 1. The van der Waals surface area contributed by atoms with Gasteiger partial charge in [-0.2, -0.15) is 0 Å². The molecule has 0 spiro atoms. The molecule has 1 atom stereocenters. The molecular weight excluding hydrogens is 290 g/mol. The summed E-state index contributed by atoms with van der Waals surface area (Å²) in [6.07, 6.45) is 2.22. The van der Waals surface area contributed by atoms with Crippen LogP contribution in [0, 0.1) is 0 Å². The second-order valence-electron chi connectivity index (χ2n) is 7.35. The number of rotatable bonds is 3. The van der Waals surface area contributed by atoms with E-state index in [1.807, 2.05) is 30.0 Å². The molecule has 2 aromatic rings. The summed E-state index contributed by atoms with van der Waals surface area (Å²) in [5, 5.41) is 3.29. The Morgan fingerprint density at radius 3 is 2.65 bits per heavy atom. The van der Waals surface area contributed by atoms with Crippen LogP contribution in [0.15, 0.2) is 22.6 Å². The third kappa shape index (κ3) is 3.33. The number of benzene rings is 1. The van der Waals surface area contributed by atoms with E-state index in [1.54, 1.807) is 0 Å². The third-order valence-electron chi connectivity index (χ3n) is 4.20. The van der Waals surface area contributed by atoms with Crippen molar-refractivity contribution in [2.24, 2.45) is 0 Å². The van der Waals surface area contributed by atoms with Crippen molar-refractivity contribution in [3.63, 3.8) is 0 Å². The second kappa shape index (κ2) is 5.87. The molecule has 1 fully saturated rings. The van der Waals surface area contributed by atoms with Gasteiger partial charge in [0.2, 0.25) is 11.8 Å². The zero-order valence-corrected chi connectivity index (χ0v) is 14.3. The monoisotopic (exact) mass is 315 g/mol. The van der Waals surface area contributed by atoms with Crippen LogP contribution in [0.3, 0.4) is 0 Å². The lowest BCUT2D eigenvalue weighted by molar-refractivity contribution is -0.130. The van der Waals surface area contributed by atoms with Gasteiger partial charge in [0.05, 0.1) is 0 Å². The van der Waals surface area contributed by atoms with Crippen molar-refractivity contribution in [2.75, 3.05) is 18.4 Å². The number of carbonyl (C=O) groups excluding carboxylic acids is 1. The van der Waals surface area contributed by atoms with Gasteiger partial charge in [-0.15, -0.1) is 0 Å². The van der Waals surface area contributed by atoms with E-state index in [1.165, 1.54) is 0 Å². The van der Waals surface area contributed by atoms with Gasteiger partial charge in [0, 0.05) is 24.2 Å². The highest BCUT2D eigenvalue weighted by molar-refractivity contribution is 5.85. The molecule has 1 aliphatic rings. The van der Waals surface area contributed by atoms with Crippen molar-refractivity contribution < 1.29 is 9.21 Å². The summed E-state index contributed by atoms with van der Waals surface area (Å²) in [6, 6.07) is 5.56. The predicted octanol–water partition coefficient (Wildman–Crippen LogP) is 3.55. The lowest BCUT2D eigenvalue weighted by Crippen LogP contribution is -2.39. The maximum atomic E-state index is 12.4. The minimum atomic E-state index is -0.237. The molecule has 5 heteroatoms. The highest BCUT2D eigenvalue weighted by Crippen LogP contribution is 2.27. The fraction of sp³-hybridized carbons (Fsp3) is 0.556. The predicted molar refractivity (Wildman–Crippen MR) is 91.6 cm³/mol. The van der Waals surface area contributed by atoms with E-state index in [-0.39, 0.29) is 17.4 Å². The summed E-state index contributed by atoms with van der Waals surface area (Å²) in [5.74, 6) is 0.893. The summed E-state index contributed by atoms with van der Waals surface area (Å²) in [5.41, 5.74) is 2.37. The van der Waals surface area contributed by atoms with Crippen molar-refractivity contribution in [3.8, 4) is 0 Å². The zero-order chi connectivity index (χ0) is 16.6. The van der Waals surface area contributed by atoms with Gasteiger partial charge in [-0.1, -0.05) is 20.8 Å². The highest BCUT2D eigenvalue weighted by Gasteiger charge is 2.24. The molecule has 1 saturated heterocycles. The molecule has 1 aromatic heterocycles. The van der Waals surface area contributed by atoms with E-state index in [0.717, 1.165) is 48.6 Å². The van der Waals surface area contributed by atoms with Crippen LogP contribution in [0.1, 0.15) is 46.4 Å². The standard InChI is InChI=1S/C18H25N3O2/c1-12(16(22)21-9-5-6-10-21)19-13-7-8-15-14(11-13)20-17(23-15)18(2,3)4/h7-8,11-12,19H,5-6,9-10H2,1-4H3. The zero-order valence-electron chi connectivity index (χ0n) is 14.3. The largest absolute Gasteiger partial charge is 0.440 e. The Morgan fingerprint density at radius 1 is 1.30 bits per heavy atom. The van der Waals surface area contributed by atoms with E-state index < -0.39 is 0 Å². The molecule has 1 unspecified atom stereocenters. The van der Waals surface area contributed by atoms with Crippen LogP contribution in [0.2, 0.25) is 0 Å². The van der Waals surface area contributed by atoms with Gasteiger partial charge in [-0.25, -0.2) is 4.98 Å². The molecule has 2 heterocycles. The number of amides is 1. The number of nitrogens with one attached hydrogen (secondary N) is 1. The number of carbonyl (C=O) groups is 1. The second-order valence-corrected chi connectivity index (χ2v) is 7.35. The van der Waals surface area contributed by atoms with Crippen molar-refractivity contribution in [1.82, 2.24) is 9.88 Å². The lowest BCUT2D eigenvalue weighted by atomic mass is 9.97. The Morgan fingerprint density at radius 2 is 2.00 bits per heavy atom. The van der Waals surface area contributed by atoms with E-state index >= 15 is 0 Å². The van der Waals surface area contributed by atoms with Crippen LogP contribution in [0.5, 0.6) is 0 Å². The van der Waals surface area contributed by atoms with Gasteiger partial charge in [-0.3, -0.25) is 4.79 Å². The van der Waals surface area contributed by atoms with E-state index in [0.29, 0.717) is 0 Å². The van der Waals surface area contributed by atoms with Crippen LogP contribution in [0.4, 0.5) is 5.69 Å². The first-order chi connectivity index (χ1) is 10.8. The minimum Gasteiger partial charge on any atom is -0.440 e. The van der Waals surface area contributed by atoms with Crippen LogP contribution in [-0.4, -0.2) is 34.9 Å². The lowest BCUT2D eigenvalue weighted by Gasteiger charge is -2.21. The molecule has 1 amide bonds. The Hall–Kier alpha value is -2.04. The topological polar surface area (TPSA) is 58.4 Å². The van der Waals surface area contributed by atoms with Gasteiger partial charge in [0.25, 0.3) is 0 Å². The fourth-order valence-corrected chi connectivity index (χ4v) is 2.86. The molecule has 0 bridgehead atoms. The number of likely N-dealkylation sites (tertiary alicyclic amines) is 1. The first-order valence-electron chi connectivity index (χ1n) is 8.31. The molecule has 1 N–H and O–H groups in total. The van der Waals surface area contributed by atoms with E-state index in [2.05, 4.69) is 31.1 Å². The normalized spacial score (nSPS) is 16.8. The quantitative estimate of drug-likeness (QED) is 0.941. The van der Waals surface area contributed by atoms with Gasteiger partial charge in [0.15, 0.2) is 5.58 Å². The maximum absolute atomic E-state index is 12.4. The van der Waals surface area contributed by atoms with E-state index in [9.17, 15) is 4.79 Å². The molecule has 1 aromatic carbocycles. The smallest absolute Gasteiger partial charge is 0.244 e. The number of oxazole rings is 1.